The van der Waals surface area contributed by atoms with Crippen LogP contribution in [0.3, 0.4) is 0 Å². The van der Waals surface area contributed by atoms with Gasteiger partial charge in [-0.1, -0.05) is 19.1 Å². The number of carboxylic acid groups (broad SMARTS) is 1. The molecule has 0 aliphatic heterocycles. The molecule has 1 fully saturated rings. The minimum absolute atomic E-state index is 0.0305. The summed E-state index contributed by atoms with van der Waals surface area (Å²) in [5, 5.41) is 9.47. The van der Waals surface area contributed by atoms with Gasteiger partial charge in [-0.2, -0.15) is 0 Å². The fourth-order valence-corrected chi connectivity index (χ4v) is 3.63. The number of carbonyl (C=O) groups is 2. The quantitative estimate of drug-likeness (QED) is 0.719. The number of carbonyl (C=O) groups excluding carboxylic acids is 1. The molecule has 1 N–H and O–H groups in total. The SMILES string of the molecule is CCCN(CCN(C)C)C(=O)C1C2C=CC(C2)C1C(=O)O. The first kappa shape index (κ1) is 16.0. The van der Waals surface area contributed by atoms with Crippen LogP contribution in [0.5, 0.6) is 0 Å². The van der Waals surface area contributed by atoms with Crippen LogP contribution < -0.4 is 0 Å². The summed E-state index contributed by atoms with van der Waals surface area (Å²) in [5.74, 6) is -1.55. The van der Waals surface area contributed by atoms with E-state index in [1.165, 1.54) is 0 Å². The molecule has 118 valence electrons. The zero-order chi connectivity index (χ0) is 15.6. The van der Waals surface area contributed by atoms with Crippen molar-refractivity contribution in [1.29, 1.82) is 0 Å². The molecule has 2 aliphatic carbocycles. The van der Waals surface area contributed by atoms with Crippen molar-refractivity contribution in [1.82, 2.24) is 9.80 Å². The Bertz CT molecular complexity index is 433. The van der Waals surface area contributed by atoms with Crippen molar-refractivity contribution in [3.05, 3.63) is 12.2 Å². The van der Waals surface area contributed by atoms with Gasteiger partial charge < -0.3 is 14.9 Å². The maximum absolute atomic E-state index is 12.9. The van der Waals surface area contributed by atoms with Gasteiger partial charge in [0.2, 0.25) is 5.91 Å². The first-order chi connectivity index (χ1) is 9.95. The lowest BCUT2D eigenvalue weighted by Crippen LogP contribution is -2.45. The maximum atomic E-state index is 12.9. The largest absolute Gasteiger partial charge is 0.481 e. The summed E-state index contributed by atoms with van der Waals surface area (Å²) in [6.07, 6.45) is 5.74. The number of carboxylic acids is 1. The van der Waals surface area contributed by atoms with Gasteiger partial charge >= 0.3 is 5.97 Å². The molecule has 0 aromatic heterocycles. The van der Waals surface area contributed by atoms with Crippen LogP contribution in [-0.2, 0) is 9.59 Å². The van der Waals surface area contributed by atoms with Gasteiger partial charge in [0.05, 0.1) is 11.8 Å². The third-order valence-corrected chi connectivity index (χ3v) is 4.65. The zero-order valence-electron chi connectivity index (χ0n) is 13.2. The number of fused-ring (bicyclic) bond motifs is 2. The average molecular weight is 294 g/mol. The van der Waals surface area contributed by atoms with Crippen LogP contribution in [0.2, 0.25) is 0 Å². The van der Waals surface area contributed by atoms with E-state index >= 15 is 0 Å². The van der Waals surface area contributed by atoms with Gasteiger partial charge in [0.1, 0.15) is 0 Å². The molecule has 4 atom stereocenters. The number of nitrogens with zero attached hydrogens (tertiary/aromatic N) is 2. The third-order valence-electron chi connectivity index (χ3n) is 4.65. The van der Waals surface area contributed by atoms with Gasteiger partial charge in [-0.3, -0.25) is 9.59 Å². The Morgan fingerprint density at radius 3 is 2.24 bits per heavy atom. The number of amides is 1. The second kappa shape index (κ2) is 6.60. The van der Waals surface area contributed by atoms with Crippen molar-refractivity contribution in [3.63, 3.8) is 0 Å². The number of hydrogen-bond acceptors (Lipinski definition) is 3. The highest BCUT2D eigenvalue weighted by Crippen LogP contribution is 2.48. The van der Waals surface area contributed by atoms with Crippen molar-refractivity contribution >= 4 is 11.9 Å². The Labute approximate surface area is 126 Å². The molecule has 5 nitrogen and oxygen atoms in total. The van der Waals surface area contributed by atoms with Crippen LogP contribution in [0, 0.1) is 23.7 Å². The summed E-state index contributed by atoms with van der Waals surface area (Å²) >= 11 is 0. The van der Waals surface area contributed by atoms with E-state index in [0.29, 0.717) is 13.1 Å². The van der Waals surface area contributed by atoms with Gasteiger partial charge in [0, 0.05) is 19.6 Å². The fraction of sp³-hybridized carbons (Fsp3) is 0.750. The van der Waals surface area contributed by atoms with Gasteiger partial charge in [-0.15, -0.1) is 0 Å². The predicted octanol–water partition coefficient (Wildman–Crippen LogP) is 1.31. The van der Waals surface area contributed by atoms with Crippen LogP contribution in [0.15, 0.2) is 12.2 Å². The molecule has 0 saturated heterocycles. The predicted molar refractivity (Wildman–Crippen MR) is 80.8 cm³/mol. The smallest absolute Gasteiger partial charge is 0.307 e. The van der Waals surface area contributed by atoms with E-state index in [0.717, 1.165) is 19.4 Å². The van der Waals surface area contributed by atoms with E-state index in [4.69, 9.17) is 0 Å². The highest BCUT2D eigenvalue weighted by atomic mass is 16.4. The monoisotopic (exact) mass is 294 g/mol. The number of rotatable bonds is 7. The Kier molecular flexibility index (Phi) is 5.04. The van der Waals surface area contributed by atoms with Gasteiger partial charge in [0.15, 0.2) is 0 Å². The number of likely N-dealkylation sites (N-methyl/N-ethyl adjacent to an activating group) is 1. The summed E-state index contributed by atoms with van der Waals surface area (Å²) in [7, 11) is 3.96. The molecule has 0 spiro atoms. The molecule has 0 aromatic rings. The van der Waals surface area contributed by atoms with Crippen molar-refractivity contribution in [2.24, 2.45) is 23.7 Å². The normalized spacial score (nSPS) is 30.1. The van der Waals surface area contributed by atoms with Gasteiger partial charge in [-0.05, 0) is 38.8 Å². The standard InChI is InChI=1S/C16H26N2O3/c1-4-7-18(9-8-17(2)3)15(19)13-11-5-6-12(10-11)14(13)16(20)21/h5-6,11-14H,4,7-10H2,1-3H3,(H,20,21). The average Bonchev–Trinajstić information content (AvgIpc) is 3.02. The molecule has 5 heteroatoms. The van der Waals surface area contributed by atoms with Crippen LogP contribution >= 0.6 is 0 Å². The van der Waals surface area contributed by atoms with Crippen molar-refractivity contribution < 1.29 is 14.7 Å². The van der Waals surface area contributed by atoms with Crippen LogP contribution in [0.1, 0.15) is 19.8 Å². The molecule has 2 bridgehead atoms. The van der Waals surface area contributed by atoms with E-state index in [9.17, 15) is 14.7 Å². The van der Waals surface area contributed by atoms with Crippen molar-refractivity contribution in [3.8, 4) is 0 Å². The molecule has 2 rings (SSSR count). The van der Waals surface area contributed by atoms with E-state index in [-0.39, 0.29) is 23.7 Å². The highest BCUT2D eigenvalue weighted by molar-refractivity contribution is 5.87. The van der Waals surface area contributed by atoms with Crippen LogP contribution in [-0.4, -0.2) is 60.5 Å². The Hall–Kier alpha value is -1.36. The summed E-state index contributed by atoms with van der Waals surface area (Å²) in [5.41, 5.74) is 0. The molecular formula is C16H26N2O3. The van der Waals surface area contributed by atoms with Crippen LogP contribution in [0.25, 0.3) is 0 Å². The lowest BCUT2D eigenvalue weighted by atomic mass is 9.82. The minimum atomic E-state index is -0.825. The number of allylic oxidation sites excluding steroid dienone is 2. The van der Waals surface area contributed by atoms with E-state index in [1.807, 2.05) is 43.0 Å². The first-order valence-electron chi connectivity index (χ1n) is 7.80. The fourth-order valence-electron chi connectivity index (χ4n) is 3.63. The number of aliphatic carboxylic acids is 1. The second-order valence-corrected chi connectivity index (χ2v) is 6.47. The third kappa shape index (κ3) is 3.28. The molecular weight excluding hydrogens is 268 g/mol. The molecule has 0 heterocycles. The molecule has 4 unspecified atom stereocenters. The topological polar surface area (TPSA) is 60.9 Å². The Morgan fingerprint density at radius 1 is 1.10 bits per heavy atom. The minimum Gasteiger partial charge on any atom is -0.481 e. The highest BCUT2D eigenvalue weighted by Gasteiger charge is 2.52. The number of hydrogen-bond donors (Lipinski definition) is 1. The van der Waals surface area contributed by atoms with Gasteiger partial charge in [0.25, 0.3) is 0 Å². The molecule has 1 saturated carbocycles. The molecule has 2 aliphatic rings. The molecule has 0 aromatic carbocycles. The second-order valence-electron chi connectivity index (χ2n) is 6.47. The lowest BCUT2D eigenvalue weighted by molar-refractivity contribution is -0.151. The van der Waals surface area contributed by atoms with Gasteiger partial charge in [-0.25, -0.2) is 0 Å². The molecule has 0 radical (unpaired) electrons. The van der Waals surface area contributed by atoms with Crippen LogP contribution in [0.4, 0.5) is 0 Å². The van der Waals surface area contributed by atoms with Crippen molar-refractivity contribution in [2.75, 3.05) is 33.7 Å². The van der Waals surface area contributed by atoms with E-state index in [1.54, 1.807) is 0 Å². The maximum Gasteiger partial charge on any atom is 0.307 e. The summed E-state index contributed by atoms with van der Waals surface area (Å²) < 4.78 is 0. The lowest BCUT2D eigenvalue weighted by Gasteiger charge is -2.31. The molecule has 1 amide bonds. The van der Waals surface area contributed by atoms with E-state index in [2.05, 4.69) is 0 Å². The molecule has 21 heavy (non-hydrogen) atoms. The van der Waals surface area contributed by atoms with E-state index < -0.39 is 11.9 Å². The summed E-state index contributed by atoms with van der Waals surface area (Å²) in [6, 6.07) is 0. The first-order valence-corrected chi connectivity index (χ1v) is 7.80. The Morgan fingerprint density at radius 2 is 1.71 bits per heavy atom. The zero-order valence-corrected chi connectivity index (χ0v) is 13.2. The Balaban J connectivity index is 2.11. The summed E-state index contributed by atoms with van der Waals surface area (Å²) in [6.45, 7) is 4.23. The summed E-state index contributed by atoms with van der Waals surface area (Å²) in [4.78, 5) is 28.3. The van der Waals surface area contributed by atoms with Crippen molar-refractivity contribution in [2.45, 2.75) is 19.8 Å².